The first-order valence-electron chi connectivity index (χ1n) is 10.7. The maximum absolute atomic E-state index is 12.9. The van der Waals surface area contributed by atoms with E-state index in [2.05, 4.69) is 10.6 Å². The number of carbonyl (C=O) groups excluding carboxylic acids is 2. The molecule has 0 unspecified atom stereocenters. The summed E-state index contributed by atoms with van der Waals surface area (Å²) in [6.45, 7) is 2.69. The summed E-state index contributed by atoms with van der Waals surface area (Å²) in [6, 6.07) is 8.75. The van der Waals surface area contributed by atoms with Crippen LogP contribution in [0.15, 0.2) is 41.0 Å². The standard InChI is InChI=1S/C24H28N2O3/c1-15-4-5-19(10-20(15)26-23(28)21-3-2-6-29-21)22(27)25-14-24-11-16-7-17(12-24)9-18(8-16)13-24/h2-6,10,16-18H,7-9,11-14H2,1H3,(H,25,27)(H,26,28). The van der Waals surface area contributed by atoms with Gasteiger partial charge in [0.05, 0.1) is 6.26 Å². The van der Waals surface area contributed by atoms with Gasteiger partial charge in [0.15, 0.2) is 5.76 Å². The van der Waals surface area contributed by atoms with Crippen molar-refractivity contribution in [3.63, 3.8) is 0 Å². The molecule has 2 aromatic rings. The molecule has 0 aliphatic heterocycles. The van der Waals surface area contributed by atoms with Gasteiger partial charge in [-0.1, -0.05) is 6.07 Å². The van der Waals surface area contributed by atoms with E-state index in [-0.39, 0.29) is 17.6 Å². The van der Waals surface area contributed by atoms with Gasteiger partial charge in [-0.05, 0) is 98.4 Å². The number of furan rings is 1. The maximum atomic E-state index is 12.9. The van der Waals surface area contributed by atoms with Gasteiger partial charge in [-0.2, -0.15) is 0 Å². The molecule has 4 bridgehead atoms. The van der Waals surface area contributed by atoms with E-state index in [1.54, 1.807) is 18.2 Å². The summed E-state index contributed by atoms with van der Waals surface area (Å²) >= 11 is 0. The molecule has 1 heterocycles. The van der Waals surface area contributed by atoms with E-state index in [4.69, 9.17) is 4.42 Å². The van der Waals surface area contributed by atoms with Gasteiger partial charge in [-0.15, -0.1) is 0 Å². The zero-order chi connectivity index (χ0) is 20.0. The van der Waals surface area contributed by atoms with Gasteiger partial charge in [0.2, 0.25) is 0 Å². The maximum Gasteiger partial charge on any atom is 0.291 e. The molecule has 0 atom stereocenters. The molecule has 5 nitrogen and oxygen atoms in total. The highest BCUT2D eigenvalue weighted by molar-refractivity contribution is 6.03. The van der Waals surface area contributed by atoms with Gasteiger partial charge in [0, 0.05) is 17.8 Å². The van der Waals surface area contributed by atoms with Crippen molar-refractivity contribution in [1.82, 2.24) is 5.32 Å². The average molecular weight is 392 g/mol. The van der Waals surface area contributed by atoms with E-state index in [1.807, 2.05) is 19.1 Å². The molecule has 6 rings (SSSR count). The molecule has 0 saturated heterocycles. The minimum Gasteiger partial charge on any atom is -0.459 e. The third-order valence-electron chi connectivity index (χ3n) is 7.28. The van der Waals surface area contributed by atoms with Crippen LogP contribution in [0.25, 0.3) is 0 Å². The predicted molar refractivity (Wildman–Crippen MR) is 111 cm³/mol. The molecule has 4 fully saturated rings. The summed E-state index contributed by atoms with van der Waals surface area (Å²) in [6.07, 6.45) is 9.51. The lowest BCUT2D eigenvalue weighted by molar-refractivity contribution is -0.0503. The number of benzene rings is 1. The topological polar surface area (TPSA) is 71.3 Å². The van der Waals surface area contributed by atoms with Crippen LogP contribution in [-0.4, -0.2) is 18.4 Å². The molecule has 1 aromatic carbocycles. The molecule has 29 heavy (non-hydrogen) atoms. The fourth-order valence-corrected chi connectivity index (χ4v) is 6.37. The average Bonchev–Trinajstić information content (AvgIpc) is 3.22. The van der Waals surface area contributed by atoms with Crippen LogP contribution < -0.4 is 10.6 Å². The highest BCUT2D eigenvalue weighted by Crippen LogP contribution is 2.59. The molecular weight excluding hydrogens is 364 g/mol. The largest absolute Gasteiger partial charge is 0.459 e. The number of nitrogens with one attached hydrogen (secondary N) is 2. The van der Waals surface area contributed by atoms with Crippen LogP contribution in [0.2, 0.25) is 0 Å². The van der Waals surface area contributed by atoms with Crippen LogP contribution in [0.5, 0.6) is 0 Å². The van der Waals surface area contributed by atoms with E-state index in [9.17, 15) is 9.59 Å². The van der Waals surface area contributed by atoms with Gasteiger partial charge in [-0.25, -0.2) is 0 Å². The summed E-state index contributed by atoms with van der Waals surface area (Å²) in [7, 11) is 0. The molecule has 2 amide bonds. The Bertz CT molecular complexity index is 896. The molecule has 1 aromatic heterocycles. The van der Waals surface area contributed by atoms with Gasteiger partial charge in [-0.3, -0.25) is 9.59 Å². The SMILES string of the molecule is Cc1ccc(C(=O)NCC23CC4CC(CC(C4)C2)C3)cc1NC(=O)c1ccco1. The first kappa shape index (κ1) is 18.5. The van der Waals surface area contributed by atoms with Crippen molar-refractivity contribution in [3.8, 4) is 0 Å². The second kappa shape index (κ2) is 7.05. The highest BCUT2D eigenvalue weighted by Gasteiger charge is 2.50. The number of rotatable bonds is 5. The normalized spacial score (nSPS) is 29.6. The number of amides is 2. The Morgan fingerprint density at radius 1 is 1.03 bits per heavy atom. The van der Waals surface area contributed by atoms with E-state index in [0.29, 0.717) is 16.7 Å². The quantitative estimate of drug-likeness (QED) is 0.769. The van der Waals surface area contributed by atoms with Crippen molar-refractivity contribution >= 4 is 17.5 Å². The van der Waals surface area contributed by atoms with Gasteiger partial charge >= 0.3 is 0 Å². The van der Waals surface area contributed by atoms with Gasteiger partial charge in [0.1, 0.15) is 0 Å². The monoisotopic (exact) mass is 392 g/mol. The minimum absolute atomic E-state index is 0.0609. The molecular formula is C24H28N2O3. The van der Waals surface area contributed by atoms with Crippen molar-refractivity contribution < 1.29 is 14.0 Å². The second-order valence-electron chi connectivity index (χ2n) is 9.56. The number of aryl methyl sites for hydroxylation is 1. The zero-order valence-electron chi connectivity index (χ0n) is 16.9. The van der Waals surface area contributed by atoms with Crippen molar-refractivity contribution in [2.75, 3.05) is 11.9 Å². The third kappa shape index (κ3) is 3.59. The van der Waals surface area contributed by atoms with E-state index >= 15 is 0 Å². The van der Waals surface area contributed by atoms with Crippen LogP contribution in [0.1, 0.15) is 65.0 Å². The first-order valence-corrected chi connectivity index (χ1v) is 10.7. The Kier molecular flexibility index (Phi) is 4.49. The van der Waals surface area contributed by atoms with E-state index in [1.165, 1.54) is 44.8 Å². The van der Waals surface area contributed by atoms with Crippen LogP contribution in [0.4, 0.5) is 5.69 Å². The molecule has 4 aliphatic rings. The fourth-order valence-electron chi connectivity index (χ4n) is 6.37. The van der Waals surface area contributed by atoms with Crippen molar-refractivity contribution in [2.24, 2.45) is 23.2 Å². The lowest BCUT2D eigenvalue weighted by atomic mass is 9.49. The summed E-state index contributed by atoms with van der Waals surface area (Å²) in [5.74, 6) is 2.50. The van der Waals surface area contributed by atoms with Crippen LogP contribution >= 0.6 is 0 Å². The summed E-state index contributed by atoms with van der Waals surface area (Å²) in [5.41, 5.74) is 2.43. The van der Waals surface area contributed by atoms with E-state index in [0.717, 1.165) is 29.9 Å². The Balaban J connectivity index is 1.26. The predicted octanol–water partition coefficient (Wildman–Crippen LogP) is 4.79. The summed E-state index contributed by atoms with van der Waals surface area (Å²) < 4.78 is 5.15. The first-order chi connectivity index (χ1) is 14.0. The van der Waals surface area contributed by atoms with Crippen LogP contribution in [0.3, 0.4) is 0 Å². The molecule has 2 N–H and O–H groups in total. The molecule has 152 valence electrons. The lowest BCUT2D eigenvalue weighted by Gasteiger charge is -2.56. The smallest absolute Gasteiger partial charge is 0.291 e. The minimum atomic E-state index is -0.316. The zero-order valence-corrected chi connectivity index (χ0v) is 16.9. The highest BCUT2D eigenvalue weighted by atomic mass is 16.3. The van der Waals surface area contributed by atoms with Crippen LogP contribution in [-0.2, 0) is 0 Å². The molecule has 5 heteroatoms. The van der Waals surface area contributed by atoms with Crippen LogP contribution in [0, 0.1) is 30.1 Å². The molecule has 4 aliphatic carbocycles. The number of anilines is 1. The number of hydrogen-bond donors (Lipinski definition) is 2. The Hall–Kier alpha value is -2.56. The second-order valence-corrected chi connectivity index (χ2v) is 9.56. The lowest BCUT2D eigenvalue weighted by Crippen LogP contribution is -2.51. The summed E-state index contributed by atoms with van der Waals surface area (Å²) in [4.78, 5) is 25.2. The number of hydrogen-bond acceptors (Lipinski definition) is 3. The van der Waals surface area contributed by atoms with Crippen molar-refractivity contribution in [3.05, 3.63) is 53.5 Å². The van der Waals surface area contributed by atoms with Crippen molar-refractivity contribution in [2.45, 2.75) is 45.4 Å². The van der Waals surface area contributed by atoms with E-state index < -0.39 is 0 Å². The molecule has 0 spiro atoms. The molecule has 0 radical (unpaired) electrons. The molecule has 4 saturated carbocycles. The Morgan fingerprint density at radius 3 is 2.34 bits per heavy atom. The number of carbonyl (C=O) groups is 2. The third-order valence-corrected chi connectivity index (χ3v) is 7.28. The summed E-state index contributed by atoms with van der Waals surface area (Å²) in [5, 5.41) is 6.06. The fraction of sp³-hybridized carbons (Fsp3) is 0.500. The van der Waals surface area contributed by atoms with Crippen molar-refractivity contribution in [1.29, 1.82) is 0 Å². The van der Waals surface area contributed by atoms with Gasteiger partial charge < -0.3 is 15.1 Å². The Labute approximate surface area is 171 Å². The Morgan fingerprint density at radius 2 is 1.72 bits per heavy atom. The van der Waals surface area contributed by atoms with Gasteiger partial charge in [0.25, 0.3) is 11.8 Å².